The van der Waals surface area contributed by atoms with Gasteiger partial charge in [0.2, 0.25) is 0 Å². The molecule has 3 aromatic carbocycles. The third-order valence-electron chi connectivity index (χ3n) is 4.40. The SMILES string of the molecule is O=C(COc1ccc(S(=O)(=O)[O-])c(I)c1)Oc1ccc(/C([O-])=N/S(=O)(=O)c2cccc(OC(F)(F)F)c2)cc1. The Hall–Kier alpha value is -3.42. The molecule has 0 saturated heterocycles. The van der Waals surface area contributed by atoms with Crippen molar-refractivity contribution >= 4 is 54.6 Å². The van der Waals surface area contributed by atoms with Gasteiger partial charge in [-0.15, -0.1) is 13.2 Å². The molecule has 0 radical (unpaired) electrons. The molecule has 0 N–H and O–H groups in total. The average molecular weight is 699 g/mol. The van der Waals surface area contributed by atoms with Crippen LogP contribution in [0.3, 0.4) is 0 Å². The van der Waals surface area contributed by atoms with E-state index < -0.39 is 60.5 Å². The Morgan fingerprint density at radius 2 is 1.56 bits per heavy atom. The zero-order valence-corrected chi connectivity index (χ0v) is 22.7. The summed E-state index contributed by atoms with van der Waals surface area (Å²) in [5, 5.41) is 12.3. The monoisotopic (exact) mass is 699 g/mol. The number of carbonyl (C=O) groups is 1. The molecule has 0 saturated carbocycles. The van der Waals surface area contributed by atoms with Gasteiger partial charge >= 0.3 is 12.3 Å². The van der Waals surface area contributed by atoms with Crippen LogP contribution in [0.5, 0.6) is 17.2 Å². The summed E-state index contributed by atoms with van der Waals surface area (Å²) >= 11 is 1.62. The quantitative estimate of drug-likeness (QED) is 0.0808. The zero-order valence-electron chi connectivity index (χ0n) is 18.9. The van der Waals surface area contributed by atoms with Crippen LogP contribution in [0.25, 0.3) is 0 Å². The van der Waals surface area contributed by atoms with Crippen LogP contribution in [0.4, 0.5) is 13.2 Å². The number of hydrogen-bond donors (Lipinski definition) is 0. The minimum atomic E-state index is -5.05. The molecule has 0 bridgehead atoms. The molecule has 11 nitrogen and oxygen atoms in total. The van der Waals surface area contributed by atoms with E-state index in [-0.39, 0.29) is 20.6 Å². The second-order valence-corrected chi connectivity index (χ2v) is 11.3. The summed E-state index contributed by atoms with van der Waals surface area (Å²) in [4.78, 5) is 10.9. The lowest BCUT2D eigenvalue weighted by atomic mass is 10.2. The van der Waals surface area contributed by atoms with E-state index in [0.29, 0.717) is 6.07 Å². The predicted molar refractivity (Wildman–Crippen MR) is 132 cm³/mol. The second kappa shape index (κ2) is 11.8. The van der Waals surface area contributed by atoms with Crippen molar-refractivity contribution in [3.63, 3.8) is 0 Å². The highest BCUT2D eigenvalue weighted by Gasteiger charge is 2.31. The second-order valence-electron chi connectivity index (χ2n) is 7.23. The molecule has 3 aromatic rings. The van der Waals surface area contributed by atoms with Gasteiger partial charge in [-0.1, -0.05) is 18.2 Å². The van der Waals surface area contributed by atoms with Crippen LogP contribution in [-0.2, 0) is 24.9 Å². The number of rotatable bonds is 9. The van der Waals surface area contributed by atoms with Gasteiger partial charge in [0.05, 0.1) is 9.79 Å². The standard InChI is InChI=1S/C22H15F3INO10S2/c23-22(24,25)37-16-2-1-3-17(10-16)38(30,31)27-21(29)13-4-6-14(7-5-13)36-20(28)12-35-15-8-9-19(18(26)11-15)39(32,33)34/h1-11H,12H2,(H,27,29)(H,32,33,34)/p-2. The van der Waals surface area contributed by atoms with E-state index in [0.717, 1.165) is 48.5 Å². The summed E-state index contributed by atoms with van der Waals surface area (Å²) in [7, 11) is -9.36. The van der Waals surface area contributed by atoms with Crippen molar-refractivity contribution in [3.05, 3.63) is 75.9 Å². The molecular formula is C22H13F3INO10S2-2. The first kappa shape index (κ1) is 30.1. The molecule has 0 aliphatic carbocycles. The minimum absolute atomic E-state index is 0.0533. The first-order valence-corrected chi connectivity index (χ1v) is 14.0. The molecule has 0 spiro atoms. The number of nitrogens with zero attached hydrogens (tertiary/aromatic N) is 1. The fourth-order valence-corrected chi connectivity index (χ4v) is 5.56. The highest BCUT2D eigenvalue weighted by Crippen LogP contribution is 2.26. The van der Waals surface area contributed by atoms with Gasteiger partial charge in [0.15, 0.2) is 6.61 Å². The molecule has 0 aromatic heterocycles. The third kappa shape index (κ3) is 8.80. The van der Waals surface area contributed by atoms with Crippen molar-refractivity contribution < 1.29 is 58.7 Å². The minimum Gasteiger partial charge on any atom is -0.858 e. The molecule has 0 unspecified atom stereocenters. The van der Waals surface area contributed by atoms with E-state index >= 15 is 0 Å². The van der Waals surface area contributed by atoms with Gasteiger partial charge in [-0.05, 0) is 70.6 Å². The summed E-state index contributed by atoms with van der Waals surface area (Å²) in [5.74, 6) is -2.91. The smallest absolute Gasteiger partial charge is 0.573 e. The number of halogens is 4. The molecule has 0 amide bonds. The van der Waals surface area contributed by atoms with E-state index in [1.807, 2.05) is 0 Å². The van der Waals surface area contributed by atoms with E-state index in [4.69, 9.17) is 9.47 Å². The number of esters is 1. The Kier molecular flexibility index (Phi) is 9.08. The molecule has 39 heavy (non-hydrogen) atoms. The van der Waals surface area contributed by atoms with Gasteiger partial charge in [-0.3, -0.25) is 0 Å². The largest absolute Gasteiger partial charge is 0.858 e. The molecule has 17 heteroatoms. The van der Waals surface area contributed by atoms with Gasteiger partial charge < -0.3 is 23.9 Å². The van der Waals surface area contributed by atoms with Crippen molar-refractivity contribution in [2.75, 3.05) is 6.61 Å². The number of ether oxygens (including phenoxy) is 3. The number of sulfonamides is 1. The first-order valence-electron chi connectivity index (χ1n) is 10.1. The molecule has 0 fully saturated rings. The maximum absolute atomic E-state index is 12.4. The molecule has 0 atom stereocenters. The lowest BCUT2D eigenvalue weighted by molar-refractivity contribution is -0.274. The topological polar surface area (TPSA) is 172 Å². The highest BCUT2D eigenvalue weighted by molar-refractivity contribution is 14.1. The van der Waals surface area contributed by atoms with Gasteiger partial charge in [0, 0.05) is 15.5 Å². The summed E-state index contributed by atoms with van der Waals surface area (Å²) in [5.41, 5.74) is -0.236. The number of alkyl halides is 3. The normalized spacial score (nSPS) is 12.6. The van der Waals surface area contributed by atoms with Crippen LogP contribution in [0.2, 0.25) is 0 Å². The van der Waals surface area contributed by atoms with Gasteiger partial charge in [-0.25, -0.2) is 13.2 Å². The van der Waals surface area contributed by atoms with E-state index in [9.17, 15) is 44.5 Å². The highest BCUT2D eigenvalue weighted by atomic mass is 127. The summed E-state index contributed by atoms with van der Waals surface area (Å²) < 4.78 is 112. The van der Waals surface area contributed by atoms with Crippen LogP contribution in [0, 0.1) is 3.57 Å². The fraction of sp³-hybridized carbons (Fsp3) is 0.0909. The molecule has 0 aliphatic heterocycles. The number of carbonyl (C=O) groups excluding carboxylic acids is 1. The molecule has 0 aliphatic rings. The maximum Gasteiger partial charge on any atom is 0.573 e. The Bertz CT molecular complexity index is 1620. The van der Waals surface area contributed by atoms with Crippen molar-refractivity contribution in [2.45, 2.75) is 16.2 Å². The Morgan fingerprint density at radius 1 is 0.923 bits per heavy atom. The van der Waals surface area contributed by atoms with E-state index in [1.54, 1.807) is 22.6 Å². The first-order chi connectivity index (χ1) is 18.0. The lowest BCUT2D eigenvalue weighted by Gasteiger charge is -2.13. The molecule has 208 valence electrons. The van der Waals surface area contributed by atoms with Crippen LogP contribution < -0.4 is 19.3 Å². The van der Waals surface area contributed by atoms with Crippen LogP contribution in [-0.4, -0.2) is 46.2 Å². The lowest BCUT2D eigenvalue weighted by Crippen LogP contribution is -2.21. The number of benzene rings is 3. The van der Waals surface area contributed by atoms with Crippen LogP contribution in [0.1, 0.15) is 5.56 Å². The Morgan fingerprint density at radius 3 is 2.15 bits per heavy atom. The Labute approximate surface area is 232 Å². The van der Waals surface area contributed by atoms with E-state index in [2.05, 4.69) is 9.13 Å². The van der Waals surface area contributed by atoms with Crippen LogP contribution >= 0.6 is 22.6 Å². The molecule has 3 rings (SSSR count). The molecule has 0 heterocycles. The van der Waals surface area contributed by atoms with Gasteiger partial charge in [0.25, 0.3) is 10.0 Å². The zero-order chi connectivity index (χ0) is 29.0. The maximum atomic E-state index is 12.4. The average Bonchev–Trinajstić information content (AvgIpc) is 2.81. The van der Waals surface area contributed by atoms with Crippen molar-refractivity contribution in [2.24, 2.45) is 4.40 Å². The van der Waals surface area contributed by atoms with E-state index in [1.165, 1.54) is 12.1 Å². The third-order valence-corrected chi connectivity index (χ3v) is 7.81. The van der Waals surface area contributed by atoms with Crippen molar-refractivity contribution in [1.82, 2.24) is 0 Å². The molecular weight excluding hydrogens is 686 g/mol. The number of hydrogen-bond acceptors (Lipinski definition) is 10. The van der Waals surface area contributed by atoms with Crippen molar-refractivity contribution in [3.8, 4) is 17.2 Å². The Balaban J connectivity index is 1.64. The van der Waals surface area contributed by atoms with Gasteiger partial charge in [-0.2, -0.15) is 12.8 Å². The van der Waals surface area contributed by atoms with Crippen LogP contribution in [0.15, 0.2) is 80.9 Å². The summed E-state index contributed by atoms with van der Waals surface area (Å²) in [6, 6.07) is 11.3. The fourth-order valence-electron chi connectivity index (χ4n) is 2.79. The predicted octanol–water partition coefficient (Wildman–Crippen LogP) is 2.57. The van der Waals surface area contributed by atoms with Crippen molar-refractivity contribution in [1.29, 1.82) is 0 Å². The van der Waals surface area contributed by atoms with Gasteiger partial charge in [0.1, 0.15) is 27.4 Å². The summed E-state index contributed by atoms with van der Waals surface area (Å²) in [6.45, 7) is -0.606. The summed E-state index contributed by atoms with van der Waals surface area (Å²) in [6.07, 6.45) is -5.05.